The summed E-state index contributed by atoms with van der Waals surface area (Å²) in [6.45, 7) is 7.02. The molecule has 0 aliphatic rings. The molecule has 0 aliphatic carbocycles. The van der Waals surface area contributed by atoms with Gasteiger partial charge >= 0.3 is 0 Å². The summed E-state index contributed by atoms with van der Waals surface area (Å²) in [6.07, 6.45) is 2.45. The monoisotopic (exact) mass is 401 g/mol. The maximum Gasteiger partial charge on any atom is 0.274 e. The fourth-order valence-corrected chi connectivity index (χ4v) is 4.10. The number of carbonyl (C=O) groups is 2. The van der Waals surface area contributed by atoms with Gasteiger partial charge in [-0.3, -0.25) is 14.9 Å². The maximum atomic E-state index is 12.6. The Hall–Kier alpha value is -2.44. The molecule has 1 amide bonds. The molecule has 0 fully saturated rings. The number of rotatable bonds is 5. The van der Waals surface area contributed by atoms with Gasteiger partial charge in [0.05, 0.1) is 0 Å². The van der Waals surface area contributed by atoms with E-state index >= 15 is 0 Å². The number of thiazole rings is 1. The number of hydrogen-bond donors (Lipinski definition) is 2. The molecule has 5 nitrogen and oxygen atoms in total. The van der Waals surface area contributed by atoms with Crippen molar-refractivity contribution in [2.24, 2.45) is 0 Å². The summed E-state index contributed by atoms with van der Waals surface area (Å²) in [6, 6.07) is 5.97. The number of hydrogen-bond acceptors (Lipinski definition) is 4. The minimum Gasteiger partial charge on any atom is -0.354 e. The van der Waals surface area contributed by atoms with Crippen LogP contribution in [0.25, 0.3) is 0 Å². The number of aromatic amines is 1. The van der Waals surface area contributed by atoms with Gasteiger partial charge in [0.2, 0.25) is 0 Å². The summed E-state index contributed by atoms with van der Waals surface area (Å²) in [5.74, 6) is -0.365. The van der Waals surface area contributed by atoms with Crippen molar-refractivity contribution in [1.82, 2.24) is 9.97 Å². The summed E-state index contributed by atoms with van der Waals surface area (Å²) < 4.78 is 0. The van der Waals surface area contributed by atoms with E-state index in [1.807, 2.05) is 25.1 Å². The van der Waals surface area contributed by atoms with E-state index in [0.717, 1.165) is 21.0 Å². The summed E-state index contributed by atoms with van der Waals surface area (Å²) in [4.78, 5) is 32.6. The van der Waals surface area contributed by atoms with Crippen molar-refractivity contribution in [1.29, 1.82) is 0 Å². The first-order valence-electron chi connectivity index (χ1n) is 8.47. The summed E-state index contributed by atoms with van der Waals surface area (Å²) >= 11 is 7.59. The molecule has 1 aromatic carbocycles. The lowest BCUT2D eigenvalue weighted by molar-refractivity contribution is 0.101. The topological polar surface area (TPSA) is 74.8 Å². The van der Waals surface area contributed by atoms with E-state index in [0.29, 0.717) is 34.1 Å². The van der Waals surface area contributed by atoms with Gasteiger partial charge in [0, 0.05) is 33.8 Å². The summed E-state index contributed by atoms with van der Waals surface area (Å²) in [5.41, 5.74) is 4.44. The highest BCUT2D eigenvalue weighted by Gasteiger charge is 2.20. The van der Waals surface area contributed by atoms with Crippen LogP contribution in [0.15, 0.2) is 24.4 Å². The van der Waals surface area contributed by atoms with E-state index in [1.165, 1.54) is 18.3 Å². The van der Waals surface area contributed by atoms with Crippen LogP contribution in [0, 0.1) is 20.8 Å². The number of aryl methyl sites for hydroxylation is 2. The van der Waals surface area contributed by atoms with Gasteiger partial charge in [-0.15, -0.1) is 11.3 Å². The van der Waals surface area contributed by atoms with Crippen LogP contribution in [-0.4, -0.2) is 21.7 Å². The highest BCUT2D eigenvalue weighted by atomic mass is 35.5. The Morgan fingerprint density at radius 3 is 2.63 bits per heavy atom. The molecular weight excluding hydrogens is 382 g/mol. The van der Waals surface area contributed by atoms with Gasteiger partial charge in [-0.25, -0.2) is 4.98 Å². The number of Topliss-reactive ketones (excluding diaryl/α,β-unsaturated/α-hetero) is 1. The lowest BCUT2D eigenvalue weighted by atomic mass is 10.1. The highest BCUT2D eigenvalue weighted by molar-refractivity contribution is 7.15. The van der Waals surface area contributed by atoms with Gasteiger partial charge in [-0.2, -0.15) is 0 Å². The first-order chi connectivity index (χ1) is 12.8. The van der Waals surface area contributed by atoms with Crippen LogP contribution >= 0.6 is 22.9 Å². The molecule has 3 aromatic rings. The van der Waals surface area contributed by atoms with Crippen LogP contribution in [0.5, 0.6) is 0 Å². The Morgan fingerprint density at radius 2 is 2.00 bits per heavy atom. The predicted octanol–water partition coefficient (Wildman–Crippen LogP) is 5.10. The Balaban J connectivity index is 1.74. The van der Waals surface area contributed by atoms with Crippen molar-refractivity contribution in [2.75, 3.05) is 5.32 Å². The van der Waals surface area contributed by atoms with Crippen molar-refractivity contribution < 1.29 is 9.59 Å². The molecule has 2 N–H and O–H groups in total. The molecule has 7 heteroatoms. The van der Waals surface area contributed by atoms with Gasteiger partial charge in [-0.05, 0) is 50.5 Å². The Bertz CT molecular complexity index is 1040. The number of carbonyl (C=O) groups excluding carboxylic acids is 2. The van der Waals surface area contributed by atoms with E-state index in [1.54, 1.807) is 20.0 Å². The van der Waals surface area contributed by atoms with Crippen LogP contribution in [0.4, 0.5) is 5.13 Å². The standard InChI is InChI=1S/C20H20ClN3O2S/c1-10-5-6-14(8-16(10)21)7-15-9-22-20(27-15)24-19(26)18-11(2)17(13(4)25)12(3)23-18/h5-6,8-9,23H,7H2,1-4H3,(H,22,24,26). The van der Waals surface area contributed by atoms with Crippen LogP contribution in [0.1, 0.15) is 55.0 Å². The Morgan fingerprint density at radius 1 is 1.26 bits per heavy atom. The van der Waals surface area contributed by atoms with Gasteiger partial charge in [0.1, 0.15) is 5.69 Å². The molecule has 3 rings (SSSR count). The number of benzene rings is 1. The minimum atomic E-state index is -0.303. The van der Waals surface area contributed by atoms with Crippen molar-refractivity contribution in [3.05, 3.63) is 67.9 Å². The molecule has 0 bridgehead atoms. The molecule has 0 radical (unpaired) electrons. The van der Waals surface area contributed by atoms with Crippen LogP contribution < -0.4 is 5.32 Å². The maximum absolute atomic E-state index is 12.6. The summed E-state index contributed by atoms with van der Waals surface area (Å²) in [7, 11) is 0. The van der Waals surface area contributed by atoms with Gasteiger partial charge < -0.3 is 4.98 Å². The molecular formula is C20H20ClN3O2S. The number of aromatic nitrogens is 2. The number of ketones is 1. The number of nitrogens with zero attached hydrogens (tertiary/aromatic N) is 1. The molecule has 0 saturated heterocycles. The van der Waals surface area contributed by atoms with Crippen LogP contribution in [0.2, 0.25) is 5.02 Å². The second-order valence-corrected chi connectivity index (χ2v) is 8.05. The van der Waals surface area contributed by atoms with Crippen molar-refractivity contribution in [3.63, 3.8) is 0 Å². The fourth-order valence-electron chi connectivity index (χ4n) is 3.06. The average Bonchev–Trinajstić information content (AvgIpc) is 3.14. The minimum absolute atomic E-state index is 0.0615. The molecule has 2 heterocycles. The normalized spacial score (nSPS) is 10.9. The molecule has 2 aromatic heterocycles. The quantitative estimate of drug-likeness (QED) is 0.584. The number of halogens is 1. The third kappa shape index (κ3) is 4.12. The van der Waals surface area contributed by atoms with E-state index in [9.17, 15) is 9.59 Å². The van der Waals surface area contributed by atoms with Gasteiger partial charge in [0.15, 0.2) is 10.9 Å². The van der Waals surface area contributed by atoms with Crippen molar-refractivity contribution >= 4 is 39.8 Å². The molecule has 0 aliphatic heterocycles. The van der Waals surface area contributed by atoms with Crippen molar-refractivity contribution in [2.45, 2.75) is 34.1 Å². The number of nitrogens with one attached hydrogen (secondary N) is 2. The van der Waals surface area contributed by atoms with E-state index in [2.05, 4.69) is 15.3 Å². The number of anilines is 1. The average molecular weight is 402 g/mol. The number of amides is 1. The Labute approximate surface area is 166 Å². The molecule has 140 valence electrons. The van der Waals surface area contributed by atoms with Gasteiger partial charge in [-0.1, -0.05) is 23.7 Å². The fraction of sp³-hybridized carbons (Fsp3) is 0.250. The molecule has 0 unspecified atom stereocenters. The van der Waals surface area contributed by atoms with Crippen LogP contribution in [0.3, 0.4) is 0 Å². The second-order valence-electron chi connectivity index (χ2n) is 6.53. The second kappa shape index (κ2) is 7.66. The van der Waals surface area contributed by atoms with Gasteiger partial charge in [0.25, 0.3) is 5.91 Å². The zero-order valence-corrected chi connectivity index (χ0v) is 17.1. The smallest absolute Gasteiger partial charge is 0.274 e. The van der Waals surface area contributed by atoms with E-state index < -0.39 is 0 Å². The van der Waals surface area contributed by atoms with E-state index in [-0.39, 0.29) is 11.7 Å². The Kier molecular flexibility index (Phi) is 5.48. The number of H-pyrrole nitrogens is 1. The third-order valence-corrected chi connectivity index (χ3v) is 5.73. The summed E-state index contributed by atoms with van der Waals surface area (Å²) in [5, 5.41) is 4.06. The predicted molar refractivity (Wildman–Crippen MR) is 109 cm³/mol. The lowest BCUT2D eigenvalue weighted by Gasteiger charge is -2.02. The largest absolute Gasteiger partial charge is 0.354 e. The lowest BCUT2D eigenvalue weighted by Crippen LogP contribution is -2.13. The first kappa shape index (κ1) is 19.3. The van der Waals surface area contributed by atoms with Crippen LogP contribution in [-0.2, 0) is 6.42 Å². The third-order valence-electron chi connectivity index (χ3n) is 4.41. The van der Waals surface area contributed by atoms with E-state index in [4.69, 9.17) is 11.6 Å². The zero-order chi connectivity index (χ0) is 19.7. The molecule has 0 atom stereocenters. The molecule has 0 spiro atoms. The molecule has 0 saturated carbocycles. The molecule has 27 heavy (non-hydrogen) atoms. The highest BCUT2D eigenvalue weighted by Crippen LogP contribution is 2.25. The SMILES string of the molecule is CC(=O)c1c(C)[nH]c(C(=O)Nc2ncc(Cc3ccc(C)c(Cl)c3)s2)c1C. The zero-order valence-electron chi connectivity index (χ0n) is 15.6. The van der Waals surface area contributed by atoms with Crippen molar-refractivity contribution in [3.8, 4) is 0 Å². The first-order valence-corrected chi connectivity index (χ1v) is 9.67.